The second-order valence-electron chi connectivity index (χ2n) is 3.40. The third-order valence-electron chi connectivity index (χ3n) is 2.26. The highest BCUT2D eigenvalue weighted by molar-refractivity contribution is 5.94. The minimum absolute atomic E-state index is 0.217. The molecule has 0 aliphatic heterocycles. The minimum atomic E-state index is -0.217. The molecule has 86 valence electrons. The number of methoxy groups -OCH3 is 1. The number of amides is 1. The number of hydrogen-bond acceptors (Lipinski definition) is 3. The smallest absolute Gasteiger partial charge is 0.245 e. The van der Waals surface area contributed by atoms with Gasteiger partial charge in [0.2, 0.25) is 5.91 Å². The summed E-state index contributed by atoms with van der Waals surface area (Å²) in [4.78, 5) is 11.1. The fraction of sp³-hybridized carbons (Fsp3) is 0.250. The Labute approximate surface area is 95.1 Å². The maximum atomic E-state index is 11.1. The van der Waals surface area contributed by atoms with E-state index in [-0.39, 0.29) is 5.91 Å². The molecule has 1 aromatic rings. The molecule has 1 rings (SSSR count). The molecule has 0 aliphatic carbocycles. The fourth-order valence-corrected chi connectivity index (χ4v) is 1.35. The molecule has 0 spiro atoms. The maximum absolute atomic E-state index is 11.1. The normalized spacial score (nSPS) is 11.1. The van der Waals surface area contributed by atoms with Gasteiger partial charge in [-0.15, -0.1) is 0 Å². The van der Waals surface area contributed by atoms with Crippen molar-refractivity contribution in [3.63, 3.8) is 0 Å². The second kappa shape index (κ2) is 5.21. The molecule has 16 heavy (non-hydrogen) atoms. The number of carbonyl (C=O) groups is 1. The lowest BCUT2D eigenvalue weighted by molar-refractivity contribution is -0.116. The van der Waals surface area contributed by atoms with Crippen molar-refractivity contribution in [2.24, 2.45) is 5.73 Å². The molecular weight excluding hydrogens is 204 g/mol. The van der Waals surface area contributed by atoms with E-state index in [1.54, 1.807) is 14.2 Å². The molecule has 0 fully saturated rings. The van der Waals surface area contributed by atoms with E-state index in [1.807, 2.05) is 25.1 Å². The van der Waals surface area contributed by atoms with Crippen molar-refractivity contribution in [1.82, 2.24) is 5.32 Å². The zero-order valence-electron chi connectivity index (χ0n) is 9.70. The van der Waals surface area contributed by atoms with Crippen LogP contribution in [0.5, 0.6) is 5.75 Å². The van der Waals surface area contributed by atoms with Crippen molar-refractivity contribution in [2.75, 3.05) is 14.2 Å². The number of carbonyl (C=O) groups excluding carboxylic acids is 1. The van der Waals surface area contributed by atoms with Crippen LogP contribution in [-0.4, -0.2) is 20.1 Å². The average Bonchev–Trinajstić information content (AvgIpc) is 2.28. The fourth-order valence-electron chi connectivity index (χ4n) is 1.35. The maximum Gasteiger partial charge on any atom is 0.245 e. The Kier molecular flexibility index (Phi) is 3.94. The number of ether oxygens (including phenoxy) is 1. The largest absolute Gasteiger partial charge is 0.496 e. The van der Waals surface area contributed by atoms with Gasteiger partial charge in [0.05, 0.1) is 7.11 Å². The molecule has 0 unspecified atom stereocenters. The Morgan fingerprint density at radius 1 is 1.50 bits per heavy atom. The molecule has 3 N–H and O–H groups in total. The monoisotopic (exact) mass is 220 g/mol. The van der Waals surface area contributed by atoms with Crippen LogP contribution in [0, 0.1) is 6.92 Å². The number of hydrogen-bond donors (Lipinski definition) is 2. The zero-order chi connectivity index (χ0) is 12.1. The first-order chi connectivity index (χ1) is 7.58. The van der Waals surface area contributed by atoms with E-state index in [4.69, 9.17) is 10.5 Å². The first-order valence-electron chi connectivity index (χ1n) is 4.92. The molecule has 0 saturated heterocycles. The zero-order valence-corrected chi connectivity index (χ0v) is 9.70. The quantitative estimate of drug-likeness (QED) is 0.748. The Morgan fingerprint density at radius 2 is 2.19 bits per heavy atom. The van der Waals surface area contributed by atoms with Gasteiger partial charge in [0, 0.05) is 18.8 Å². The molecule has 1 amide bonds. The third kappa shape index (κ3) is 2.76. The summed E-state index contributed by atoms with van der Waals surface area (Å²) in [5.41, 5.74) is 8.01. The van der Waals surface area contributed by atoms with Gasteiger partial charge in [-0.3, -0.25) is 4.79 Å². The molecule has 0 saturated carbocycles. The predicted molar refractivity (Wildman–Crippen MR) is 64.0 cm³/mol. The van der Waals surface area contributed by atoms with Crippen molar-refractivity contribution < 1.29 is 9.53 Å². The van der Waals surface area contributed by atoms with Gasteiger partial charge >= 0.3 is 0 Å². The highest BCUT2D eigenvalue weighted by Crippen LogP contribution is 2.20. The van der Waals surface area contributed by atoms with Crippen LogP contribution in [-0.2, 0) is 4.79 Å². The third-order valence-corrected chi connectivity index (χ3v) is 2.26. The lowest BCUT2D eigenvalue weighted by Crippen LogP contribution is -2.16. The average molecular weight is 220 g/mol. The number of likely N-dealkylation sites (N-methyl/N-ethyl adjacent to an activating group) is 1. The number of nitrogens with two attached hydrogens (primary N) is 1. The molecule has 1 aromatic carbocycles. The number of rotatable bonds is 3. The molecule has 0 aliphatic rings. The summed E-state index contributed by atoms with van der Waals surface area (Å²) in [6, 6.07) is 5.53. The number of benzene rings is 1. The predicted octanol–water partition coefficient (Wildman–Crippen LogP) is 1.05. The van der Waals surface area contributed by atoms with Crippen molar-refractivity contribution in [1.29, 1.82) is 0 Å². The van der Waals surface area contributed by atoms with Crippen molar-refractivity contribution in [3.05, 3.63) is 35.4 Å². The Hall–Kier alpha value is -1.97. The van der Waals surface area contributed by atoms with Crippen LogP contribution in [0.25, 0.3) is 5.70 Å². The summed E-state index contributed by atoms with van der Waals surface area (Å²) in [6.45, 7) is 1.93. The summed E-state index contributed by atoms with van der Waals surface area (Å²) >= 11 is 0. The summed E-state index contributed by atoms with van der Waals surface area (Å²) in [6.07, 6.45) is 1.36. The van der Waals surface area contributed by atoms with E-state index >= 15 is 0 Å². The lowest BCUT2D eigenvalue weighted by atomic mass is 10.1. The van der Waals surface area contributed by atoms with Crippen LogP contribution >= 0.6 is 0 Å². The molecule has 0 heterocycles. The van der Waals surface area contributed by atoms with Gasteiger partial charge in [0.1, 0.15) is 5.75 Å². The minimum Gasteiger partial charge on any atom is -0.496 e. The molecule has 0 bridgehead atoms. The van der Waals surface area contributed by atoms with E-state index in [0.29, 0.717) is 5.70 Å². The molecular formula is C12H16N2O2. The highest BCUT2D eigenvalue weighted by atomic mass is 16.5. The van der Waals surface area contributed by atoms with Gasteiger partial charge in [-0.2, -0.15) is 0 Å². The van der Waals surface area contributed by atoms with Crippen molar-refractivity contribution in [2.45, 2.75) is 6.92 Å². The Balaban J connectivity index is 3.01. The van der Waals surface area contributed by atoms with Gasteiger partial charge in [-0.05, 0) is 36.2 Å². The van der Waals surface area contributed by atoms with Gasteiger partial charge in [-0.1, -0.05) is 0 Å². The van der Waals surface area contributed by atoms with Crippen LogP contribution in [0.1, 0.15) is 11.1 Å². The number of aryl methyl sites for hydroxylation is 1. The van der Waals surface area contributed by atoms with E-state index in [0.717, 1.165) is 16.9 Å². The van der Waals surface area contributed by atoms with E-state index in [2.05, 4.69) is 5.32 Å². The highest BCUT2D eigenvalue weighted by Gasteiger charge is 2.03. The topological polar surface area (TPSA) is 64.4 Å². The lowest BCUT2D eigenvalue weighted by Gasteiger charge is -2.07. The molecule has 0 radical (unpaired) electrons. The van der Waals surface area contributed by atoms with Gasteiger partial charge < -0.3 is 15.8 Å². The van der Waals surface area contributed by atoms with Crippen LogP contribution in [0.4, 0.5) is 0 Å². The van der Waals surface area contributed by atoms with Gasteiger partial charge in [0.25, 0.3) is 0 Å². The summed E-state index contributed by atoms with van der Waals surface area (Å²) in [7, 11) is 3.18. The Bertz CT molecular complexity index is 425. The second-order valence-corrected chi connectivity index (χ2v) is 3.40. The first-order valence-corrected chi connectivity index (χ1v) is 4.92. The van der Waals surface area contributed by atoms with E-state index in [1.165, 1.54) is 6.08 Å². The van der Waals surface area contributed by atoms with E-state index < -0.39 is 0 Å². The Morgan fingerprint density at radius 3 is 2.69 bits per heavy atom. The first kappa shape index (κ1) is 12.1. The molecule has 0 atom stereocenters. The summed E-state index contributed by atoms with van der Waals surface area (Å²) in [5, 5.41) is 2.48. The van der Waals surface area contributed by atoms with Crippen LogP contribution in [0.3, 0.4) is 0 Å². The van der Waals surface area contributed by atoms with Crippen LogP contribution in [0.2, 0.25) is 0 Å². The molecule has 4 heteroatoms. The standard InChI is InChI=1S/C12H16N2O2/c1-8-6-9(4-5-11(8)16-3)10(13)7-12(15)14-2/h4-7H,13H2,1-3H3,(H,14,15). The van der Waals surface area contributed by atoms with Crippen LogP contribution < -0.4 is 15.8 Å². The number of nitrogens with one attached hydrogen (secondary N) is 1. The van der Waals surface area contributed by atoms with Crippen molar-refractivity contribution in [3.8, 4) is 5.75 Å². The summed E-state index contributed by atoms with van der Waals surface area (Å²) in [5.74, 6) is 0.586. The van der Waals surface area contributed by atoms with E-state index in [9.17, 15) is 4.79 Å². The SMILES string of the molecule is CNC(=O)C=C(N)c1ccc(OC)c(C)c1. The van der Waals surface area contributed by atoms with Gasteiger partial charge in [0.15, 0.2) is 0 Å². The molecule has 0 aromatic heterocycles. The summed E-state index contributed by atoms with van der Waals surface area (Å²) < 4.78 is 5.14. The van der Waals surface area contributed by atoms with Gasteiger partial charge in [-0.25, -0.2) is 0 Å². The molecule has 4 nitrogen and oxygen atoms in total. The van der Waals surface area contributed by atoms with Crippen LogP contribution in [0.15, 0.2) is 24.3 Å². The van der Waals surface area contributed by atoms with Crippen molar-refractivity contribution >= 4 is 11.6 Å².